The molecule has 0 aliphatic heterocycles. The highest BCUT2D eigenvalue weighted by atomic mass is 32.2. The van der Waals surface area contributed by atoms with Crippen LogP contribution in [0.4, 0.5) is 5.13 Å². The van der Waals surface area contributed by atoms with Crippen LogP contribution in [0.1, 0.15) is 27.2 Å². The molecule has 2 N–H and O–H groups in total. The van der Waals surface area contributed by atoms with Gasteiger partial charge >= 0.3 is 0 Å². The molecule has 19 heavy (non-hydrogen) atoms. The highest BCUT2D eigenvalue weighted by Gasteiger charge is 2.25. The van der Waals surface area contributed by atoms with E-state index in [1.807, 2.05) is 0 Å². The summed E-state index contributed by atoms with van der Waals surface area (Å²) in [5.41, 5.74) is 0. The molecule has 0 spiro atoms. The van der Waals surface area contributed by atoms with E-state index in [4.69, 9.17) is 0 Å². The lowest BCUT2D eigenvalue weighted by atomic mass is 10.2. The molecule has 0 saturated heterocycles. The van der Waals surface area contributed by atoms with Crippen LogP contribution in [0.15, 0.2) is 4.34 Å². The Balaban J connectivity index is 2.86. The van der Waals surface area contributed by atoms with Crippen LogP contribution in [0.3, 0.4) is 0 Å². The van der Waals surface area contributed by atoms with Gasteiger partial charge in [-0.25, -0.2) is 8.42 Å². The Morgan fingerprint density at radius 2 is 2.00 bits per heavy atom. The van der Waals surface area contributed by atoms with Crippen LogP contribution < -0.4 is 10.0 Å². The third kappa shape index (κ3) is 4.33. The molecule has 0 aromatic carbocycles. The molecule has 1 aromatic heterocycles. The standard InChI is InChI=1S/C9H14N4O4S2/c1-4-7(15)5(2)13-19(16,17)9-12-11-8(18-9)10-6(3)14/h5,13H,4H2,1-3H3,(H,10,11,14). The molecule has 1 heterocycles. The molecule has 0 aliphatic carbocycles. The number of ketones is 1. The summed E-state index contributed by atoms with van der Waals surface area (Å²) < 4.78 is 25.7. The van der Waals surface area contributed by atoms with E-state index in [9.17, 15) is 18.0 Å². The number of aromatic nitrogens is 2. The number of nitrogens with zero attached hydrogens (tertiary/aromatic N) is 2. The minimum Gasteiger partial charge on any atom is -0.301 e. The van der Waals surface area contributed by atoms with Crippen molar-refractivity contribution < 1.29 is 18.0 Å². The van der Waals surface area contributed by atoms with Crippen LogP contribution in [0.5, 0.6) is 0 Å². The number of hydrogen-bond acceptors (Lipinski definition) is 7. The number of hydrogen-bond donors (Lipinski definition) is 2. The van der Waals surface area contributed by atoms with Crippen LogP contribution in [0, 0.1) is 0 Å². The first-order chi connectivity index (χ1) is 8.76. The molecule has 1 aromatic rings. The van der Waals surface area contributed by atoms with Gasteiger partial charge in [0.25, 0.3) is 10.0 Å². The zero-order chi connectivity index (χ0) is 14.6. The quantitative estimate of drug-likeness (QED) is 0.722. The molecule has 0 fully saturated rings. The number of sulfonamides is 1. The smallest absolute Gasteiger partial charge is 0.270 e. The molecule has 1 rings (SSSR count). The van der Waals surface area contributed by atoms with E-state index in [1.54, 1.807) is 6.92 Å². The number of anilines is 1. The van der Waals surface area contributed by atoms with E-state index in [1.165, 1.54) is 13.8 Å². The molecule has 10 heteroatoms. The second-order valence-electron chi connectivity index (χ2n) is 3.72. The number of Topliss-reactive ketones (excluding diaryl/α,β-unsaturated/α-hetero) is 1. The average molecular weight is 306 g/mol. The first-order valence-electron chi connectivity index (χ1n) is 5.42. The van der Waals surface area contributed by atoms with Crippen molar-refractivity contribution in [1.29, 1.82) is 0 Å². The predicted molar refractivity (Wildman–Crippen MR) is 69.3 cm³/mol. The van der Waals surface area contributed by atoms with Gasteiger partial charge in [0.05, 0.1) is 6.04 Å². The molecule has 0 radical (unpaired) electrons. The van der Waals surface area contributed by atoms with E-state index < -0.39 is 16.1 Å². The van der Waals surface area contributed by atoms with Crippen molar-refractivity contribution in [3.05, 3.63) is 0 Å². The van der Waals surface area contributed by atoms with Gasteiger partial charge in [0.2, 0.25) is 15.4 Å². The van der Waals surface area contributed by atoms with Gasteiger partial charge in [0.15, 0.2) is 0 Å². The SMILES string of the molecule is CCC(=O)C(C)NS(=O)(=O)c1nnc(NC(C)=O)s1. The van der Waals surface area contributed by atoms with Gasteiger partial charge in [-0.2, -0.15) is 4.72 Å². The second-order valence-corrected chi connectivity index (χ2v) is 6.58. The van der Waals surface area contributed by atoms with Crippen molar-refractivity contribution in [2.24, 2.45) is 0 Å². The van der Waals surface area contributed by atoms with Crippen molar-refractivity contribution >= 4 is 38.2 Å². The molecule has 1 atom stereocenters. The average Bonchev–Trinajstić information content (AvgIpc) is 2.75. The normalized spacial score (nSPS) is 13.0. The third-order valence-corrected chi connectivity index (χ3v) is 4.83. The fourth-order valence-corrected chi connectivity index (χ4v) is 3.36. The maximum Gasteiger partial charge on any atom is 0.270 e. The number of nitrogens with one attached hydrogen (secondary N) is 2. The van der Waals surface area contributed by atoms with Crippen molar-refractivity contribution in [2.75, 3.05) is 5.32 Å². The van der Waals surface area contributed by atoms with Crippen LogP contribution in [-0.2, 0) is 19.6 Å². The minimum absolute atomic E-state index is 0.0855. The second kappa shape index (κ2) is 6.17. The monoisotopic (exact) mass is 306 g/mol. The van der Waals surface area contributed by atoms with Gasteiger partial charge < -0.3 is 5.32 Å². The van der Waals surface area contributed by atoms with E-state index >= 15 is 0 Å². The zero-order valence-electron chi connectivity index (χ0n) is 10.6. The summed E-state index contributed by atoms with van der Waals surface area (Å²) in [4.78, 5) is 22.2. The third-order valence-electron chi connectivity index (χ3n) is 2.08. The molecule has 0 bridgehead atoms. The van der Waals surface area contributed by atoms with Crippen LogP contribution in [0.25, 0.3) is 0 Å². The molecule has 8 nitrogen and oxygen atoms in total. The molecule has 0 saturated carbocycles. The largest absolute Gasteiger partial charge is 0.301 e. The Bertz CT molecular complexity index is 581. The summed E-state index contributed by atoms with van der Waals surface area (Å²) in [6.07, 6.45) is 0.233. The summed E-state index contributed by atoms with van der Waals surface area (Å²) in [5.74, 6) is -0.599. The summed E-state index contributed by atoms with van der Waals surface area (Å²) in [6, 6.07) is -0.830. The molecular weight excluding hydrogens is 292 g/mol. The minimum atomic E-state index is -3.91. The van der Waals surface area contributed by atoms with E-state index in [0.717, 1.165) is 0 Å². The van der Waals surface area contributed by atoms with Crippen LogP contribution in [-0.4, -0.2) is 36.3 Å². The van der Waals surface area contributed by atoms with Crippen molar-refractivity contribution in [3.8, 4) is 0 Å². The Hall–Kier alpha value is -1.39. The highest BCUT2D eigenvalue weighted by Crippen LogP contribution is 2.19. The van der Waals surface area contributed by atoms with Crippen molar-refractivity contribution in [2.45, 2.75) is 37.6 Å². The van der Waals surface area contributed by atoms with Gasteiger partial charge in [-0.05, 0) is 6.92 Å². The molecule has 0 aliphatic rings. The maximum absolute atomic E-state index is 11.9. The van der Waals surface area contributed by atoms with E-state index in [2.05, 4.69) is 20.2 Å². The van der Waals surface area contributed by atoms with E-state index in [-0.39, 0.29) is 27.6 Å². The van der Waals surface area contributed by atoms with Gasteiger partial charge in [0, 0.05) is 13.3 Å². The lowest BCUT2D eigenvalue weighted by Gasteiger charge is -2.09. The van der Waals surface area contributed by atoms with Crippen LogP contribution >= 0.6 is 11.3 Å². The molecule has 106 valence electrons. The lowest BCUT2D eigenvalue weighted by molar-refractivity contribution is -0.120. The summed E-state index contributed by atoms with van der Waals surface area (Å²) in [7, 11) is -3.91. The Kier molecular flexibility index (Phi) is 5.09. The first-order valence-corrected chi connectivity index (χ1v) is 7.72. The predicted octanol–water partition coefficient (Wildman–Crippen LogP) is 0.142. The molecule has 1 amide bonds. The summed E-state index contributed by atoms with van der Waals surface area (Å²) in [5, 5.41) is 9.42. The Morgan fingerprint density at radius 3 is 2.53 bits per heavy atom. The number of rotatable bonds is 6. The zero-order valence-corrected chi connectivity index (χ0v) is 12.3. The maximum atomic E-state index is 11.9. The number of carbonyl (C=O) groups is 2. The highest BCUT2D eigenvalue weighted by molar-refractivity contribution is 7.91. The van der Waals surface area contributed by atoms with Gasteiger partial charge in [-0.3, -0.25) is 9.59 Å². The van der Waals surface area contributed by atoms with Gasteiger partial charge in [-0.1, -0.05) is 18.3 Å². The topological polar surface area (TPSA) is 118 Å². The number of carbonyl (C=O) groups excluding carboxylic acids is 2. The molecule has 1 unspecified atom stereocenters. The molecular formula is C9H14N4O4S2. The van der Waals surface area contributed by atoms with Gasteiger partial charge in [-0.15, -0.1) is 10.2 Å². The lowest BCUT2D eigenvalue weighted by Crippen LogP contribution is -2.38. The summed E-state index contributed by atoms with van der Waals surface area (Å²) >= 11 is 0.714. The first kappa shape index (κ1) is 15.7. The van der Waals surface area contributed by atoms with Gasteiger partial charge in [0.1, 0.15) is 5.78 Å². The fourth-order valence-electron chi connectivity index (χ4n) is 1.17. The van der Waals surface area contributed by atoms with Crippen molar-refractivity contribution in [3.63, 3.8) is 0 Å². The fraction of sp³-hybridized carbons (Fsp3) is 0.556. The number of amides is 1. The summed E-state index contributed by atoms with van der Waals surface area (Å²) in [6.45, 7) is 4.38. The Morgan fingerprint density at radius 1 is 1.37 bits per heavy atom. The van der Waals surface area contributed by atoms with E-state index in [0.29, 0.717) is 11.3 Å². The van der Waals surface area contributed by atoms with Crippen LogP contribution in [0.2, 0.25) is 0 Å². The Labute approximate surface area is 114 Å². The van der Waals surface area contributed by atoms with Crippen molar-refractivity contribution in [1.82, 2.24) is 14.9 Å².